The van der Waals surface area contributed by atoms with Gasteiger partial charge in [0, 0.05) is 23.7 Å². The largest absolute Gasteiger partial charge is 0.497 e. The van der Waals surface area contributed by atoms with E-state index in [0.29, 0.717) is 23.7 Å². The Morgan fingerprint density at radius 1 is 1.26 bits per heavy atom. The van der Waals surface area contributed by atoms with Gasteiger partial charge in [-0.1, -0.05) is 11.6 Å². The van der Waals surface area contributed by atoms with E-state index in [1.54, 1.807) is 25.1 Å². The van der Waals surface area contributed by atoms with Crippen molar-refractivity contribution in [2.45, 2.75) is 26.0 Å². The molecule has 3 aromatic rings. The van der Waals surface area contributed by atoms with Gasteiger partial charge >= 0.3 is 0 Å². The van der Waals surface area contributed by atoms with Gasteiger partial charge in [0.1, 0.15) is 29.9 Å². The number of ether oxygens (including phenoxy) is 3. The van der Waals surface area contributed by atoms with Crippen LogP contribution in [0.5, 0.6) is 17.2 Å². The van der Waals surface area contributed by atoms with Gasteiger partial charge in [0.2, 0.25) is 5.91 Å². The first kappa shape index (κ1) is 21.1. The van der Waals surface area contributed by atoms with E-state index in [-0.39, 0.29) is 18.6 Å². The third-order valence-electron chi connectivity index (χ3n) is 5.18. The van der Waals surface area contributed by atoms with Crippen LogP contribution in [-0.2, 0) is 17.8 Å². The van der Waals surface area contributed by atoms with E-state index in [1.165, 1.54) is 0 Å². The molecule has 2 heterocycles. The summed E-state index contributed by atoms with van der Waals surface area (Å²) in [5.41, 5.74) is 3.68. The number of hydrogen-bond donors (Lipinski definition) is 1. The topological polar surface area (TPSA) is 74.6 Å². The third kappa shape index (κ3) is 4.61. The van der Waals surface area contributed by atoms with Crippen molar-refractivity contribution in [1.82, 2.24) is 15.1 Å². The van der Waals surface area contributed by atoms with Gasteiger partial charge in [0.15, 0.2) is 0 Å². The summed E-state index contributed by atoms with van der Waals surface area (Å²) < 4.78 is 18.5. The Labute approximate surface area is 185 Å². The fourth-order valence-corrected chi connectivity index (χ4v) is 3.96. The lowest BCUT2D eigenvalue weighted by Crippen LogP contribution is -2.36. The molecule has 7 nitrogen and oxygen atoms in total. The molecule has 31 heavy (non-hydrogen) atoms. The number of fused-ring (bicyclic) bond motifs is 1. The highest BCUT2D eigenvalue weighted by Crippen LogP contribution is 2.42. The molecule has 8 heteroatoms. The number of halogens is 1. The minimum absolute atomic E-state index is 0.115. The van der Waals surface area contributed by atoms with Crippen LogP contribution in [0.1, 0.15) is 11.3 Å². The smallest absolute Gasteiger partial charge is 0.241 e. The number of aromatic nitrogens is 2. The first-order chi connectivity index (χ1) is 15.0. The number of hydrogen-bond acceptors (Lipinski definition) is 5. The van der Waals surface area contributed by atoms with Crippen LogP contribution in [-0.4, -0.2) is 42.6 Å². The number of nitrogens with zero attached hydrogens (tertiary/aromatic N) is 2. The molecular weight excluding hydrogens is 418 g/mol. The molecule has 0 radical (unpaired) electrons. The summed E-state index contributed by atoms with van der Waals surface area (Å²) >= 11 is 6.54. The molecule has 0 aliphatic carbocycles. The number of carbonyl (C=O) groups excluding carboxylic acids is 1. The molecule has 1 N–H and O–H groups in total. The van der Waals surface area contributed by atoms with Gasteiger partial charge in [-0.3, -0.25) is 9.48 Å². The molecule has 0 fully saturated rings. The first-order valence-corrected chi connectivity index (χ1v) is 10.3. The van der Waals surface area contributed by atoms with E-state index in [9.17, 15) is 4.79 Å². The minimum atomic E-state index is -0.182. The standard InChI is InChI=1S/C23H24ClN3O4/c1-14-6-7-27(26-14)13-22(28)25-12-18-9-16-8-15(10-20(24)23(16)31-18)19-11-17(29-2)4-5-21(19)30-3/h4-8,10-11,18H,9,12-13H2,1-3H3,(H,25,28). The fourth-order valence-electron chi connectivity index (χ4n) is 3.68. The van der Waals surface area contributed by atoms with Crippen molar-refractivity contribution in [3.05, 3.63) is 58.9 Å². The Hall–Kier alpha value is -3.19. The van der Waals surface area contributed by atoms with Crippen molar-refractivity contribution in [3.63, 3.8) is 0 Å². The highest BCUT2D eigenvalue weighted by Gasteiger charge is 2.27. The minimum Gasteiger partial charge on any atom is -0.497 e. The SMILES string of the molecule is COc1ccc(OC)c(-c2cc(Cl)c3c(c2)CC(CNC(=O)Cn2ccc(C)n2)O3)c1. The average molecular weight is 442 g/mol. The van der Waals surface area contributed by atoms with Crippen LogP contribution < -0.4 is 19.5 Å². The third-order valence-corrected chi connectivity index (χ3v) is 5.46. The second-order valence-electron chi connectivity index (χ2n) is 7.42. The number of amides is 1. The Bertz CT molecular complexity index is 1110. The summed E-state index contributed by atoms with van der Waals surface area (Å²) in [6.07, 6.45) is 2.25. The van der Waals surface area contributed by atoms with Crippen LogP contribution in [0.4, 0.5) is 0 Å². The molecule has 1 aliphatic heterocycles. The van der Waals surface area contributed by atoms with Crippen LogP contribution >= 0.6 is 11.6 Å². The van der Waals surface area contributed by atoms with Gasteiger partial charge in [-0.05, 0) is 48.9 Å². The van der Waals surface area contributed by atoms with Crippen LogP contribution in [0.3, 0.4) is 0 Å². The number of benzene rings is 2. The van der Waals surface area contributed by atoms with Gasteiger partial charge in [-0.25, -0.2) is 0 Å². The summed E-state index contributed by atoms with van der Waals surface area (Å²) in [6.45, 7) is 2.45. The number of methoxy groups -OCH3 is 2. The highest BCUT2D eigenvalue weighted by molar-refractivity contribution is 6.32. The molecule has 162 valence electrons. The predicted octanol–water partition coefficient (Wildman–Crippen LogP) is 3.65. The van der Waals surface area contributed by atoms with Crippen LogP contribution in [0.25, 0.3) is 11.1 Å². The van der Waals surface area contributed by atoms with Gasteiger partial charge in [0.25, 0.3) is 0 Å². The Morgan fingerprint density at radius 2 is 2.10 bits per heavy atom. The zero-order valence-electron chi connectivity index (χ0n) is 17.6. The molecule has 1 unspecified atom stereocenters. The van der Waals surface area contributed by atoms with E-state index in [0.717, 1.165) is 33.9 Å². The normalized spacial score (nSPS) is 14.6. The molecule has 1 amide bonds. The van der Waals surface area contributed by atoms with E-state index in [2.05, 4.69) is 10.4 Å². The number of rotatable bonds is 7. The maximum Gasteiger partial charge on any atom is 0.241 e. The number of nitrogens with one attached hydrogen (secondary N) is 1. The number of carbonyl (C=O) groups is 1. The van der Waals surface area contributed by atoms with Crippen LogP contribution in [0, 0.1) is 6.92 Å². The molecular formula is C23H24ClN3O4. The molecule has 0 bridgehead atoms. The van der Waals surface area contributed by atoms with Crippen molar-refractivity contribution in [2.75, 3.05) is 20.8 Å². The van der Waals surface area contributed by atoms with Crippen molar-refractivity contribution < 1.29 is 19.0 Å². The zero-order chi connectivity index (χ0) is 22.0. The average Bonchev–Trinajstić information content (AvgIpc) is 3.37. The summed E-state index contributed by atoms with van der Waals surface area (Å²) in [7, 11) is 3.26. The molecule has 0 saturated carbocycles. The fraction of sp³-hybridized carbons (Fsp3) is 0.304. The van der Waals surface area contributed by atoms with E-state index in [4.69, 9.17) is 25.8 Å². The van der Waals surface area contributed by atoms with Gasteiger partial charge in [-0.2, -0.15) is 5.10 Å². The van der Waals surface area contributed by atoms with Crippen molar-refractivity contribution >= 4 is 17.5 Å². The van der Waals surface area contributed by atoms with Crippen LogP contribution in [0.15, 0.2) is 42.6 Å². The Balaban J connectivity index is 1.46. The summed E-state index contributed by atoms with van der Waals surface area (Å²) in [5.74, 6) is 2.01. The first-order valence-electron chi connectivity index (χ1n) is 9.95. The van der Waals surface area contributed by atoms with Gasteiger partial charge < -0.3 is 19.5 Å². The number of aryl methyl sites for hydroxylation is 1. The zero-order valence-corrected chi connectivity index (χ0v) is 18.4. The lowest BCUT2D eigenvalue weighted by Gasteiger charge is -2.13. The Kier molecular flexibility index (Phi) is 6.04. The van der Waals surface area contributed by atoms with Gasteiger partial charge in [0.05, 0.1) is 31.5 Å². The summed E-state index contributed by atoms with van der Waals surface area (Å²) in [4.78, 5) is 12.2. The highest BCUT2D eigenvalue weighted by atomic mass is 35.5. The summed E-state index contributed by atoms with van der Waals surface area (Å²) in [5, 5.41) is 7.67. The lowest BCUT2D eigenvalue weighted by atomic mass is 9.99. The molecule has 1 aromatic heterocycles. The van der Waals surface area contributed by atoms with E-state index in [1.807, 2.05) is 43.3 Å². The lowest BCUT2D eigenvalue weighted by molar-refractivity contribution is -0.122. The molecule has 0 spiro atoms. The molecule has 4 rings (SSSR count). The maximum absolute atomic E-state index is 12.2. The predicted molar refractivity (Wildman–Crippen MR) is 118 cm³/mol. The van der Waals surface area contributed by atoms with Gasteiger partial charge in [-0.15, -0.1) is 0 Å². The monoisotopic (exact) mass is 441 g/mol. The maximum atomic E-state index is 12.2. The summed E-state index contributed by atoms with van der Waals surface area (Å²) in [6, 6.07) is 11.4. The molecule has 1 atom stereocenters. The molecule has 1 aliphatic rings. The van der Waals surface area contributed by atoms with Crippen molar-refractivity contribution in [1.29, 1.82) is 0 Å². The quantitative estimate of drug-likeness (QED) is 0.605. The van der Waals surface area contributed by atoms with E-state index >= 15 is 0 Å². The molecule has 0 saturated heterocycles. The second kappa shape index (κ2) is 8.89. The van der Waals surface area contributed by atoms with Crippen LogP contribution in [0.2, 0.25) is 5.02 Å². The van der Waals surface area contributed by atoms with E-state index < -0.39 is 0 Å². The molecule has 2 aromatic carbocycles. The van der Waals surface area contributed by atoms with Crippen molar-refractivity contribution in [2.24, 2.45) is 0 Å². The second-order valence-corrected chi connectivity index (χ2v) is 7.82. The Morgan fingerprint density at radius 3 is 2.81 bits per heavy atom. The van der Waals surface area contributed by atoms with Crippen molar-refractivity contribution in [3.8, 4) is 28.4 Å².